The molecule has 92 valence electrons. The van der Waals surface area contributed by atoms with E-state index in [1.807, 2.05) is 0 Å². The van der Waals surface area contributed by atoms with Crippen molar-refractivity contribution in [3.05, 3.63) is 34.9 Å². The van der Waals surface area contributed by atoms with Crippen molar-refractivity contribution in [2.45, 2.75) is 12.5 Å². The standard InChI is InChI=1S/C11H12ClNO4/c12-7-3-1-6(2-4-7)5-8(10(14)15)9(13)11(16)17/h1-4,8-9H,5,13H2,(H,14,15)(H,16,17)/t8?,9-/m0/s1. The number of halogens is 1. The highest BCUT2D eigenvalue weighted by molar-refractivity contribution is 6.30. The smallest absolute Gasteiger partial charge is 0.321 e. The van der Waals surface area contributed by atoms with E-state index in [0.29, 0.717) is 10.6 Å². The van der Waals surface area contributed by atoms with Gasteiger partial charge in [-0.05, 0) is 24.1 Å². The molecule has 1 rings (SSSR count). The number of carbonyl (C=O) groups is 2. The first kappa shape index (κ1) is 13.5. The molecule has 6 heteroatoms. The van der Waals surface area contributed by atoms with Gasteiger partial charge in [-0.2, -0.15) is 0 Å². The highest BCUT2D eigenvalue weighted by Crippen LogP contribution is 2.15. The summed E-state index contributed by atoms with van der Waals surface area (Å²) in [5.41, 5.74) is 6.01. The van der Waals surface area contributed by atoms with Crippen LogP contribution in [0.3, 0.4) is 0 Å². The monoisotopic (exact) mass is 257 g/mol. The van der Waals surface area contributed by atoms with Gasteiger partial charge in [-0.25, -0.2) is 0 Å². The van der Waals surface area contributed by atoms with Crippen LogP contribution in [0, 0.1) is 5.92 Å². The Bertz CT molecular complexity index is 418. The number of benzene rings is 1. The van der Waals surface area contributed by atoms with Crippen molar-refractivity contribution in [2.75, 3.05) is 0 Å². The maximum atomic E-state index is 10.9. The van der Waals surface area contributed by atoms with E-state index in [9.17, 15) is 9.59 Å². The van der Waals surface area contributed by atoms with Crippen LogP contribution in [0.4, 0.5) is 0 Å². The highest BCUT2D eigenvalue weighted by atomic mass is 35.5. The van der Waals surface area contributed by atoms with E-state index < -0.39 is 23.9 Å². The van der Waals surface area contributed by atoms with Gasteiger partial charge in [0.1, 0.15) is 6.04 Å². The van der Waals surface area contributed by atoms with E-state index in [1.54, 1.807) is 24.3 Å². The first-order valence-electron chi connectivity index (χ1n) is 4.87. The zero-order chi connectivity index (χ0) is 13.0. The molecule has 0 amide bonds. The third-order valence-corrected chi connectivity index (χ3v) is 2.66. The summed E-state index contributed by atoms with van der Waals surface area (Å²) in [6.07, 6.45) is 0.0555. The molecule has 2 atom stereocenters. The second kappa shape index (κ2) is 5.65. The molecular weight excluding hydrogens is 246 g/mol. The van der Waals surface area contributed by atoms with Gasteiger partial charge in [0.25, 0.3) is 0 Å². The van der Waals surface area contributed by atoms with Crippen molar-refractivity contribution < 1.29 is 19.8 Å². The lowest BCUT2D eigenvalue weighted by atomic mass is 9.93. The van der Waals surface area contributed by atoms with Crippen LogP contribution in [0.2, 0.25) is 5.02 Å². The second-order valence-corrected chi connectivity index (χ2v) is 4.08. The van der Waals surface area contributed by atoms with Crippen LogP contribution in [-0.2, 0) is 16.0 Å². The van der Waals surface area contributed by atoms with Gasteiger partial charge in [-0.15, -0.1) is 0 Å². The van der Waals surface area contributed by atoms with E-state index in [4.69, 9.17) is 27.5 Å². The summed E-state index contributed by atoms with van der Waals surface area (Å²) in [6, 6.07) is 5.09. The van der Waals surface area contributed by atoms with Crippen LogP contribution >= 0.6 is 11.6 Å². The Morgan fingerprint density at radius 2 is 1.71 bits per heavy atom. The Balaban J connectivity index is 2.84. The van der Waals surface area contributed by atoms with Gasteiger partial charge in [0.15, 0.2) is 0 Å². The van der Waals surface area contributed by atoms with Crippen molar-refractivity contribution >= 4 is 23.5 Å². The summed E-state index contributed by atoms with van der Waals surface area (Å²) in [5, 5.41) is 18.2. The third-order valence-electron chi connectivity index (χ3n) is 2.40. The SMILES string of the molecule is N[C@H](C(=O)O)C(Cc1ccc(Cl)cc1)C(=O)O. The van der Waals surface area contributed by atoms with Gasteiger partial charge >= 0.3 is 11.9 Å². The number of hydrogen-bond donors (Lipinski definition) is 3. The van der Waals surface area contributed by atoms with E-state index in [2.05, 4.69) is 0 Å². The molecule has 0 aliphatic carbocycles. The van der Waals surface area contributed by atoms with Crippen molar-refractivity contribution in [3.8, 4) is 0 Å². The highest BCUT2D eigenvalue weighted by Gasteiger charge is 2.30. The Kier molecular flexibility index (Phi) is 4.48. The number of nitrogens with two attached hydrogens (primary N) is 1. The van der Waals surface area contributed by atoms with E-state index in [1.165, 1.54) is 0 Å². The minimum absolute atomic E-state index is 0.0555. The minimum atomic E-state index is -1.43. The molecule has 1 aromatic rings. The maximum absolute atomic E-state index is 10.9. The minimum Gasteiger partial charge on any atom is -0.481 e. The molecule has 17 heavy (non-hydrogen) atoms. The van der Waals surface area contributed by atoms with Crippen LogP contribution in [0.5, 0.6) is 0 Å². The molecule has 5 nitrogen and oxygen atoms in total. The summed E-state index contributed by atoms with van der Waals surface area (Å²) < 4.78 is 0. The van der Waals surface area contributed by atoms with Crippen LogP contribution < -0.4 is 5.73 Å². The maximum Gasteiger partial charge on any atom is 0.321 e. The summed E-state index contributed by atoms with van der Waals surface area (Å²) in [7, 11) is 0. The molecule has 0 fully saturated rings. The molecule has 0 saturated heterocycles. The van der Waals surface area contributed by atoms with Crippen LogP contribution in [-0.4, -0.2) is 28.2 Å². The van der Waals surface area contributed by atoms with Crippen LogP contribution in [0.25, 0.3) is 0 Å². The van der Waals surface area contributed by atoms with Crippen molar-refractivity contribution in [3.63, 3.8) is 0 Å². The molecule has 0 aliphatic heterocycles. The molecule has 0 saturated carbocycles. The lowest BCUT2D eigenvalue weighted by Crippen LogP contribution is -2.43. The lowest BCUT2D eigenvalue weighted by molar-refractivity contribution is -0.149. The summed E-state index contributed by atoms with van der Waals surface area (Å²) in [4.78, 5) is 21.6. The van der Waals surface area contributed by atoms with Gasteiger partial charge in [0.05, 0.1) is 5.92 Å². The van der Waals surface area contributed by atoms with Gasteiger partial charge < -0.3 is 15.9 Å². The van der Waals surface area contributed by atoms with E-state index in [-0.39, 0.29) is 6.42 Å². The molecule has 4 N–H and O–H groups in total. The summed E-state index contributed by atoms with van der Waals surface area (Å²) in [5.74, 6) is -3.71. The molecule has 0 bridgehead atoms. The molecule has 1 unspecified atom stereocenters. The van der Waals surface area contributed by atoms with Gasteiger partial charge in [0.2, 0.25) is 0 Å². The van der Waals surface area contributed by atoms with Crippen LogP contribution in [0.1, 0.15) is 5.56 Å². The molecular formula is C11H12ClNO4. The van der Waals surface area contributed by atoms with E-state index in [0.717, 1.165) is 0 Å². The Morgan fingerprint density at radius 3 is 2.12 bits per heavy atom. The molecule has 0 aliphatic rings. The zero-order valence-electron chi connectivity index (χ0n) is 8.84. The normalized spacial score (nSPS) is 14.0. The zero-order valence-corrected chi connectivity index (χ0v) is 9.59. The molecule has 0 aromatic heterocycles. The fourth-order valence-corrected chi connectivity index (χ4v) is 1.54. The largest absolute Gasteiger partial charge is 0.481 e. The Labute approximate surface area is 103 Å². The number of carboxylic acids is 2. The number of aliphatic carboxylic acids is 2. The van der Waals surface area contributed by atoms with Gasteiger partial charge in [-0.1, -0.05) is 23.7 Å². The van der Waals surface area contributed by atoms with Crippen molar-refractivity contribution in [2.24, 2.45) is 11.7 Å². The number of hydrogen-bond acceptors (Lipinski definition) is 3. The summed E-state index contributed by atoms with van der Waals surface area (Å²) in [6.45, 7) is 0. The van der Waals surface area contributed by atoms with Gasteiger partial charge in [0, 0.05) is 5.02 Å². The Morgan fingerprint density at radius 1 is 1.18 bits per heavy atom. The fourth-order valence-electron chi connectivity index (χ4n) is 1.41. The average Bonchev–Trinajstić information content (AvgIpc) is 2.26. The predicted octanol–water partition coefficient (Wildman–Crippen LogP) is 0.995. The van der Waals surface area contributed by atoms with E-state index >= 15 is 0 Å². The molecule has 1 aromatic carbocycles. The van der Waals surface area contributed by atoms with Crippen molar-refractivity contribution in [1.82, 2.24) is 0 Å². The van der Waals surface area contributed by atoms with Crippen molar-refractivity contribution in [1.29, 1.82) is 0 Å². The summed E-state index contributed by atoms with van der Waals surface area (Å²) >= 11 is 5.69. The average molecular weight is 258 g/mol. The topological polar surface area (TPSA) is 101 Å². The van der Waals surface area contributed by atoms with Gasteiger partial charge in [-0.3, -0.25) is 9.59 Å². The third kappa shape index (κ3) is 3.72. The first-order valence-corrected chi connectivity index (χ1v) is 5.25. The molecule has 0 radical (unpaired) electrons. The lowest BCUT2D eigenvalue weighted by Gasteiger charge is -2.16. The first-order chi connectivity index (χ1) is 7.91. The second-order valence-electron chi connectivity index (χ2n) is 3.64. The molecule has 0 spiro atoms. The van der Waals surface area contributed by atoms with Crippen LogP contribution in [0.15, 0.2) is 24.3 Å². The quantitative estimate of drug-likeness (QED) is 0.730. The predicted molar refractivity (Wildman–Crippen MR) is 61.9 cm³/mol. The fraction of sp³-hybridized carbons (Fsp3) is 0.273. The Hall–Kier alpha value is -1.59. The number of rotatable bonds is 5. The molecule has 0 heterocycles. The number of carboxylic acid groups (broad SMARTS) is 2.